The first-order chi connectivity index (χ1) is 8.15. The Labute approximate surface area is 104 Å². The SMILES string of the molecule is Cc1noc(CNc2ccc(C(N)=S)cc2)n1. The second-order valence-electron chi connectivity index (χ2n) is 3.53. The fourth-order valence-corrected chi connectivity index (χ4v) is 1.48. The molecule has 1 heterocycles. The van der Waals surface area contributed by atoms with Crippen LogP contribution in [0.15, 0.2) is 28.8 Å². The molecular formula is C11H12N4OS. The van der Waals surface area contributed by atoms with Crippen molar-refractivity contribution in [1.82, 2.24) is 10.1 Å². The minimum atomic E-state index is 0.393. The van der Waals surface area contributed by atoms with Gasteiger partial charge in [-0.3, -0.25) is 0 Å². The Balaban J connectivity index is 1.97. The lowest BCUT2D eigenvalue weighted by Gasteiger charge is -2.04. The van der Waals surface area contributed by atoms with Crippen molar-refractivity contribution in [2.24, 2.45) is 5.73 Å². The zero-order valence-electron chi connectivity index (χ0n) is 9.30. The summed E-state index contributed by atoms with van der Waals surface area (Å²) in [6.07, 6.45) is 0. The molecule has 17 heavy (non-hydrogen) atoms. The highest BCUT2D eigenvalue weighted by Gasteiger charge is 2.02. The predicted molar refractivity (Wildman–Crippen MR) is 68.7 cm³/mol. The molecule has 3 N–H and O–H groups in total. The number of hydrogen-bond donors (Lipinski definition) is 2. The van der Waals surface area contributed by atoms with Gasteiger partial charge in [0.25, 0.3) is 0 Å². The topological polar surface area (TPSA) is 77.0 Å². The molecule has 0 fully saturated rings. The average Bonchev–Trinajstić information content (AvgIpc) is 2.73. The van der Waals surface area contributed by atoms with Crippen molar-refractivity contribution < 1.29 is 4.52 Å². The van der Waals surface area contributed by atoms with Crippen LogP contribution in [0.4, 0.5) is 5.69 Å². The maximum atomic E-state index is 5.51. The molecule has 88 valence electrons. The zero-order chi connectivity index (χ0) is 12.3. The summed E-state index contributed by atoms with van der Waals surface area (Å²) in [6, 6.07) is 7.53. The van der Waals surface area contributed by atoms with E-state index < -0.39 is 0 Å². The van der Waals surface area contributed by atoms with Crippen LogP contribution in [0.3, 0.4) is 0 Å². The van der Waals surface area contributed by atoms with Crippen molar-refractivity contribution >= 4 is 22.9 Å². The Bertz CT molecular complexity index is 521. The van der Waals surface area contributed by atoms with Crippen molar-refractivity contribution in [3.05, 3.63) is 41.5 Å². The maximum Gasteiger partial charge on any atom is 0.245 e. The van der Waals surface area contributed by atoms with Crippen LogP contribution >= 0.6 is 12.2 Å². The van der Waals surface area contributed by atoms with E-state index in [4.69, 9.17) is 22.5 Å². The van der Waals surface area contributed by atoms with Crippen molar-refractivity contribution in [2.45, 2.75) is 13.5 Å². The lowest BCUT2D eigenvalue weighted by molar-refractivity contribution is 0.379. The normalized spacial score (nSPS) is 10.2. The molecule has 2 aromatic rings. The first-order valence-corrected chi connectivity index (χ1v) is 5.49. The number of anilines is 1. The molecule has 1 aromatic carbocycles. The van der Waals surface area contributed by atoms with Crippen molar-refractivity contribution in [1.29, 1.82) is 0 Å². The van der Waals surface area contributed by atoms with E-state index in [9.17, 15) is 0 Å². The first-order valence-electron chi connectivity index (χ1n) is 5.08. The molecule has 0 unspecified atom stereocenters. The zero-order valence-corrected chi connectivity index (χ0v) is 10.1. The Morgan fingerprint density at radius 3 is 2.65 bits per heavy atom. The van der Waals surface area contributed by atoms with E-state index in [1.807, 2.05) is 24.3 Å². The molecule has 0 aliphatic rings. The molecule has 0 radical (unpaired) electrons. The number of rotatable bonds is 4. The van der Waals surface area contributed by atoms with Gasteiger partial charge in [-0.25, -0.2) is 0 Å². The number of thiocarbonyl (C=S) groups is 1. The molecule has 0 bridgehead atoms. The number of benzene rings is 1. The number of hydrogen-bond acceptors (Lipinski definition) is 5. The van der Waals surface area contributed by atoms with Crippen LogP contribution in [0.25, 0.3) is 0 Å². The van der Waals surface area contributed by atoms with Crippen LogP contribution in [0.2, 0.25) is 0 Å². The van der Waals surface area contributed by atoms with Gasteiger partial charge in [0.2, 0.25) is 5.89 Å². The summed E-state index contributed by atoms with van der Waals surface area (Å²) in [5.41, 5.74) is 7.30. The van der Waals surface area contributed by atoms with Gasteiger partial charge in [-0.1, -0.05) is 17.4 Å². The van der Waals surface area contributed by atoms with Crippen molar-refractivity contribution in [3.63, 3.8) is 0 Å². The molecule has 0 aliphatic heterocycles. The van der Waals surface area contributed by atoms with Crippen LogP contribution in [-0.2, 0) is 6.54 Å². The Hall–Kier alpha value is -1.95. The first kappa shape index (κ1) is 11.5. The van der Waals surface area contributed by atoms with E-state index in [1.165, 1.54) is 0 Å². The standard InChI is InChI=1S/C11H12N4OS/c1-7-14-10(16-15-7)6-13-9-4-2-8(3-5-9)11(12)17/h2-5,13H,6H2,1H3,(H2,12,17). The largest absolute Gasteiger partial charge is 0.389 e. The lowest BCUT2D eigenvalue weighted by atomic mass is 10.2. The van der Waals surface area contributed by atoms with Crippen LogP contribution in [-0.4, -0.2) is 15.1 Å². The number of aromatic nitrogens is 2. The Kier molecular flexibility index (Phi) is 3.34. The molecule has 0 amide bonds. The van der Waals surface area contributed by atoms with Gasteiger partial charge in [0, 0.05) is 11.3 Å². The molecule has 0 saturated carbocycles. The molecule has 1 aromatic heterocycles. The summed E-state index contributed by atoms with van der Waals surface area (Å²) in [5, 5.41) is 6.87. The third-order valence-corrected chi connectivity index (χ3v) is 2.42. The summed E-state index contributed by atoms with van der Waals surface area (Å²) in [7, 11) is 0. The van der Waals surface area contributed by atoms with Crippen LogP contribution in [0.1, 0.15) is 17.3 Å². The summed E-state index contributed by atoms with van der Waals surface area (Å²) in [6.45, 7) is 2.28. The fourth-order valence-electron chi connectivity index (χ4n) is 1.34. The molecule has 2 rings (SSSR count). The van der Waals surface area contributed by atoms with Crippen molar-refractivity contribution in [2.75, 3.05) is 5.32 Å². The van der Waals surface area contributed by atoms with Gasteiger partial charge in [-0.05, 0) is 31.2 Å². The van der Waals surface area contributed by atoms with E-state index >= 15 is 0 Å². The van der Waals surface area contributed by atoms with Gasteiger partial charge >= 0.3 is 0 Å². The molecular weight excluding hydrogens is 236 g/mol. The van der Waals surface area contributed by atoms with Gasteiger partial charge in [-0.2, -0.15) is 4.98 Å². The highest BCUT2D eigenvalue weighted by Crippen LogP contribution is 2.10. The molecule has 6 heteroatoms. The van der Waals surface area contributed by atoms with E-state index in [1.54, 1.807) is 6.92 Å². The fraction of sp³-hybridized carbons (Fsp3) is 0.182. The van der Waals surface area contributed by atoms with Crippen LogP contribution < -0.4 is 11.1 Å². The lowest BCUT2D eigenvalue weighted by Crippen LogP contribution is -2.09. The second-order valence-corrected chi connectivity index (χ2v) is 3.97. The molecule has 0 saturated heterocycles. The quantitative estimate of drug-likeness (QED) is 0.801. The second kappa shape index (κ2) is 4.92. The van der Waals surface area contributed by atoms with Gasteiger partial charge in [0.15, 0.2) is 5.82 Å². The number of nitrogens with zero attached hydrogens (tertiary/aromatic N) is 2. The van der Waals surface area contributed by atoms with E-state index in [-0.39, 0.29) is 0 Å². The Morgan fingerprint density at radius 2 is 2.12 bits per heavy atom. The molecule has 0 atom stereocenters. The molecule has 5 nitrogen and oxygen atoms in total. The van der Waals surface area contributed by atoms with Gasteiger partial charge in [0.05, 0.1) is 6.54 Å². The van der Waals surface area contributed by atoms with E-state index in [2.05, 4.69) is 15.5 Å². The minimum Gasteiger partial charge on any atom is -0.389 e. The number of aryl methyl sites for hydroxylation is 1. The highest BCUT2D eigenvalue weighted by atomic mass is 32.1. The van der Waals surface area contributed by atoms with Gasteiger partial charge in [0.1, 0.15) is 4.99 Å². The summed E-state index contributed by atoms with van der Waals surface area (Å²) < 4.78 is 4.98. The van der Waals surface area contributed by atoms with Crippen LogP contribution in [0.5, 0.6) is 0 Å². The van der Waals surface area contributed by atoms with E-state index in [0.29, 0.717) is 23.2 Å². The highest BCUT2D eigenvalue weighted by molar-refractivity contribution is 7.80. The van der Waals surface area contributed by atoms with Crippen LogP contribution in [0, 0.1) is 6.92 Å². The smallest absolute Gasteiger partial charge is 0.245 e. The summed E-state index contributed by atoms with van der Waals surface area (Å²) >= 11 is 4.87. The number of nitrogens with one attached hydrogen (secondary N) is 1. The summed E-state index contributed by atoms with van der Waals surface area (Å²) in [4.78, 5) is 4.48. The average molecular weight is 248 g/mol. The molecule has 0 aliphatic carbocycles. The van der Waals surface area contributed by atoms with Gasteiger partial charge in [-0.15, -0.1) is 0 Å². The minimum absolute atomic E-state index is 0.393. The molecule has 0 spiro atoms. The van der Waals surface area contributed by atoms with Gasteiger partial charge < -0.3 is 15.6 Å². The van der Waals surface area contributed by atoms with Crippen molar-refractivity contribution in [3.8, 4) is 0 Å². The predicted octanol–water partition coefficient (Wildman–Crippen LogP) is 1.62. The summed E-state index contributed by atoms with van der Waals surface area (Å²) in [5.74, 6) is 1.19. The number of nitrogens with two attached hydrogens (primary N) is 1. The third kappa shape index (κ3) is 3.01. The Morgan fingerprint density at radius 1 is 1.41 bits per heavy atom. The maximum absolute atomic E-state index is 5.51. The third-order valence-electron chi connectivity index (χ3n) is 2.18. The monoisotopic (exact) mass is 248 g/mol. The van der Waals surface area contributed by atoms with E-state index in [0.717, 1.165) is 11.3 Å².